The predicted molar refractivity (Wildman–Crippen MR) is 194 cm³/mol. The van der Waals surface area contributed by atoms with Crippen molar-refractivity contribution in [3.05, 3.63) is 158 Å². The van der Waals surface area contributed by atoms with Crippen molar-refractivity contribution >= 4 is 75.7 Å². The van der Waals surface area contributed by atoms with E-state index in [4.69, 9.17) is 0 Å². The van der Waals surface area contributed by atoms with Gasteiger partial charge in [0.15, 0.2) is 0 Å². The van der Waals surface area contributed by atoms with Gasteiger partial charge in [0, 0.05) is 21.7 Å². The Morgan fingerprint density at radius 2 is 0.733 bits per heavy atom. The highest BCUT2D eigenvalue weighted by Crippen LogP contribution is 2.45. The van der Waals surface area contributed by atoms with Crippen LogP contribution in [0.4, 0.5) is 0 Å². The van der Waals surface area contributed by atoms with Crippen molar-refractivity contribution in [2.24, 2.45) is 0 Å². The van der Waals surface area contributed by atoms with Gasteiger partial charge >= 0.3 is 0 Å². The van der Waals surface area contributed by atoms with E-state index in [2.05, 4.69) is 163 Å². The van der Waals surface area contributed by atoms with Crippen LogP contribution in [0.3, 0.4) is 0 Å². The Labute approximate surface area is 260 Å². The molecule has 0 bridgehead atoms. The number of fused-ring (bicyclic) bond motifs is 10. The monoisotopic (exact) mass is 569 g/mol. The van der Waals surface area contributed by atoms with Gasteiger partial charge < -0.3 is 4.98 Å². The summed E-state index contributed by atoms with van der Waals surface area (Å²) in [5.74, 6) is 0. The summed E-state index contributed by atoms with van der Waals surface area (Å²) in [7, 11) is 0. The first-order valence-corrected chi connectivity index (χ1v) is 15.6. The highest BCUT2D eigenvalue weighted by Gasteiger charge is 2.18. The van der Waals surface area contributed by atoms with E-state index < -0.39 is 0 Å². The van der Waals surface area contributed by atoms with Gasteiger partial charge in [-0.25, -0.2) is 0 Å². The SMILES string of the molecule is c1ccc2c(c1)ccc1cc(-c3c4ccccc4c(-c4ccc5c(c4)[nH]c4c6ccccc6ccc54)c4ccccc34)ccc12. The molecule has 0 aliphatic heterocycles. The van der Waals surface area contributed by atoms with Crippen LogP contribution in [0.1, 0.15) is 0 Å². The van der Waals surface area contributed by atoms with Gasteiger partial charge in [0.1, 0.15) is 0 Å². The van der Waals surface area contributed by atoms with Crippen LogP contribution in [0.5, 0.6) is 0 Å². The zero-order valence-corrected chi connectivity index (χ0v) is 24.5. The number of H-pyrrole nitrogens is 1. The van der Waals surface area contributed by atoms with Gasteiger partial charge in [-0.05, 0) is 82.9 Å². The van der Waals surface area contributed by atoms with Gasteiger partial charge in [-0.2, -0.15) is 0 Å². The second kappa shape index (κ2) is 9.29. The van der Waals surface area contributed by atoms with E-state index in [1.807, 2.05) is 0 Å². The van der Waals surface area contributed by atoms with Gasteiger partial charge in [-0.15, -0.1) is 0 Å². The lowest BCUT2D eigenvalue weighted by atomic mass is 9.85. The number of rotatable bonds is 2. The molecule has 9 aromatic carbocycles. The standard InChI is InChI=1S/C44H27N/c1-3-11-32-27(9-1)17-18-29-25-30(20-22-33(29)32)42-36-13-5-7-15-38(36)43(39-16-8-6-14-37(39)42)31-21-23-35-40-24-19-28-10-2-4-12-34(28)44(40)45-41(35)26-31/h1-26,45H. The molecule has 1 heteroatoms. The Morgan fingerprint density at radius 3 is 1.40 bits per heavy atom. The lowest BCUT2D eigenvalue weighted by Gasteiger charge is -2.18. The maximum absolute atomic E-state index is 3.79. The molecule has 1 nitrogen and oxygen atoms in total. The fourth-order valence-corrected chi connectivity index (χ4v) is 7.72. The third kappa shape index (κ3) is 3.56. The van der Waals surface area contributed by atoms with E-state index in [9.17, 15) is 0 Å². The highest BCUT2D eigenvalue weighted by atomic mass is 14.7. The van der Waals surface area contributed by atoms with Crippen molar-refractivity contribution in [3.63, 3.8) is 0 Å². The molecule has 0 amide bonds. The number of aromatic nitrogens is 1. The lowest BCUT2D eigenvalue weighted by Crippen LogP contribution is -1.91. The molecule has 0 saturated heterocycles. The first-order chi connectivity index (χ1) is 22.3. The molecule has 10 aromatic rings. The first-order valence-electron chi connectivity index (χ1n) is 15.6. The summed E-state index contributed by atoms with van der Waals surface area (Å²) in [5, 5.41) is 15.3. The summed E-state index contributed by atoms with van der Waals surface area (Å²) in [6, 6.07) is 58.0. The maximum Gasteiger partial charge on any atom is 0.0544 e. The minimum absolute atomic E-state index is 1.16. The Bertz CT molecular complexity index is 2760. The van der Waals surface area contributed by atoms with Crippen molar-refractivity contribution < 1.29 is 0 Å². The molecule has 0 spiro atoms. The average molecular weight is 570 g/mol. The molecular formula is C44H27N. The van der Waals surface area contributed by atoms with Crippen LogP contribution in [-0.4, -0.2) is 4.98 Å². The number of hydrogen-bond acceptors (Lipinski definition) is 0. The normalized spacial score (nSPS) is 12.0. The van der Waals surface area contributed by atoms with Crippen molar-refractivity contribution in [2.45, 2.75) is 0 Å². The summed E-state index contributed by atoms with van der Waals surface area (Å²) in [6.45, 7) is 0. The molecule has 208 valence electrons. The van der Waals surface area contributed by atoms with Crippen LogP contribution >= 0.6 is 0 Å². The number of aromatic amines is 1. The van der Waals surface area contributed by atoms with Crippen LogP contribution in [0, 0.1) is 0 Å². The maximum atomic E-state index is 3.79. The van der Waals surface area contributed by atoms with Crippen molar-refractivity contribution in [2.75, 3.05) is 0 Å². The van der Waals surface area contributed by atoms with Gasteiger partial charge in [0.2, 0.25) is 0 Å². The summed E-state index contributed by atoms with van der Waals surface area (Å²) in [5.41, 5.74) is 7.41. The second-order valence-electron chi connectivity index (χ2n) is 12.2. The molecule has 10 rings (SSSR count). The molecule has 0 aliphatic rings. The second-order valence-corrected chi connectivity index (χ2v) is 12.2. The molecule has 0 saturated carbocycles. The van der Waals surface area contributed by atoms with Gasteiger partial charge in [0.25, 0.3) is 0 Å². The van der Waals surface area contributed by atoms with E-state index in [0.29, 0.717) is 0 Å². The van der Waals surface area contributed by atoms with Crippen molar-refractivity contribution in [1.29, 1.82) is 0 Å². The zero-order valence-electron chi connectivity index (χ0n) is 24.5. The van der Waals surface area contributed by atoms with Gasteiger partial charge in [0.05, 0.1) is 5.52 Å². The Hall–Kier alpha value is -5.92. The van der Waals surface area contributed by atoms with Crippen LogP contribution in [-0.2, 0) is 0 Å². The molecule has 0 radical (unpaired) electrons. The molecule has 1 heterocycles. The van der Waals surface area contributed by atoms with Crippen LogP contribution < -0.4 is 0 Å². The first kappa shape index (κ1) is 24.5. The van der Waals surface area contributed by atoms with Crippen LogP contribution in [0.15, 0.2) is 158 Å². The third-order valence-corrected chi connectivity index (χ3v) is 9.75. The Kier molecular flexibility index (Phi) is 5.06. The molecule has 1 aromatic heterocycles. The van der Waals surface area contributed by atoms with E-state index in [1.54, 1.807) is 0 Å². The van der Waals surface area contributed by atoms with E-state index in [0.717, 1.165) is 5.52 Å². The third-order valence-electron chi connectivity index (χ3n) is 9.75. The predicted octanol–water partition coefficient (Wildman–Crippen LogP) is 12.4. The Morgan fingerprint density at radius 1 is 0.289 bits per heavy atom. The molecular weight excluding hydrogens is 542 g/mol. The Balaban J connectivity index is 1.25. The van der Waals surface area contributed by atoms with Gasteiger partial charge in [-0.3, -0.25) is 0 Å². The minimum Gasteiger partial charge on any atom is -0.354 e. The quantitative estimate of drug-likeness (QED) is 0.157. The number of benzene rings is 9. The van der Waals surface area contributed by atoms with E-state index in [1.165, 1.54) is 92.4 Å². The topological polar surface area (TPSA) is 15.8 Å². The number of hydrogen-bond donors (Lipinski definition) is 1. The van der Waals surface area contributed by atoms with Crippen molar-refractivity contribution in [1.82, 2.24) is 4.98 Å². The average Bonchev–Trinajstić information content (AvgIpc) is 3.48. The molecule has 0 unspecified atom stereocenters. The number of nitrogens with one attached hydrogen (secondary N) is 1. The molecule has 0 fully saturated rings. The smallest absolute Gasteiger partial charge is 0.0544 e. The summed E-state index contributed by atoms with van der Waals surface area (Å²) in [4.78, 5) is 3.79. The lowest BCUT2D eigenvalue weighted by molar-refractivity contribution is 1.56. The summed E-state index contributed by atoms with van der Waals surface area (Å²) < 4.78 is 0. The van der Waals surface area contributed by atoms with Crippen LogP contribution in [0.2, 0.25) is 0 Å². The summed E-state index contributed by atoms with van der Waals surface area (Å²) in [6.07, 6.45) is 0. The summed E-state index contributed by atoms with van der Waals surface area (Å²) >= 11 is 0. The van der Waals surface area contributed by atoms with Crippen molar-refractivity contribution in [3.8, 4) is 22.3 Å². The van der Waals surface area contributed by atoms with E-state index >= 15 is 0 Å². The molecule has 0 aliphatic carbocycles. The fourth-order valence-electron chi connectivity index (χ4n) is 7.72. The van der Waals surface area contributed by atoms with E-state index in [-0.39, 0.29) is 0 Å². The molecule has 0 atom stereocenters. The largest absolute Gasteiger partial charge is 0.354 e. The molecule has 45 heavy (non-hydrogen) atoms. The molecule has 1 N–H and O–H groups in total. The van der Waals surface area contributed by atoms with Gasteiger partial charge in [-0.1, -0.05) is 146 Å². The minimum atomic E-state index is 1.16. The zero-order chi connectivity index (χ0) is 29.5. The highest BCUT2D eigenvalue weighted by molar-refractivity contribution is 6.23. The van der Waals surface area contributed by atoms with Crippen LogP contribution in [0.25, 0.3) is 97.9 Å². The fraction of sp³-hybridized carbons (Fsp3) is 0.